The molecule has 1 aliphatic rings. The topological polar surface area (TPSA) is 47.4 Å². The number of nitrogens with zero attached hydrogens (tertiary/aromatic N) is 3. The molecule has 3 aromatic rings. The van der Waals surface area contributed by atoms with Gasteiger partial charge in [0.05, 0.1) is 17.2 Å². The molecular weight excluding hydrogens is 505 g/mol. The maximum atomic E-state index is 14.7. The van der Waals surface area contributed by atoms with Crippen LogP contribution in [0.15, 0.2) is 59.6 Å². The fraction of sp³-hybridized carbons (Fsp3) is 0.345. The molecule has 0 unspecified atom stereocenters. The number of hydrogen-bond acceptors (Lipinski definition) is 5. The molecule has 0 N–H and O–H groups in total. The minimum Gasteiger partial charge on any atom is -0.491 e. The number of rotatable bonds is 12. The standard InChI is InChI=1S/C29H32FN3O2S2/c1-3-5-6-7-8-12-17-32-28(34)26(37-29(32)36)19-22-20-33(23-13-10-9-11-14-23)31-27(22)21-15-16-25(35-4-2)24(30)18-21/h9-11,13-16,18-20H,3-8,12,17H2,1-2H3/b26-19-. The lowest BCUT2D eigenvalue weighted by atomic mass is 10.1. The van der Waals surface area contributed by atoms with E-state index in [9.17, 15) is 9.18 Å². The summed E-state index contributed by atoms with van der Waals surface area (Å²) < 4.78 is 22.4. The Morgan fingerprint density at radius 2 is 1.81 bits per heavy atom. The first-order chi connectivity index (χ1) is 18.0. The van der Waals surface area contributed by atoms with Gasteiger partial charge in [0.2, 0.25) is 0 Å². The summed E-state index contributed by atoms with van der Waals surface area (Å²) in [4.78, 5) is 15.5. The number of benzene rings is 2. The summed E-state index contributed by atoms with van der Waals surface area (Å²) in [5.74, 6) is -0.337. The Balaban J connectivity index is 1.61. The van der Waals surface area contributed by atoms with Crippen molar-refractivity contribution in [2.24, 2.45) is 0 Å². The molecule has 0 aliphatic carbocycles. The van der Waals surface area contributed by atoms with Gasteiger partial charge < -0.3 is 4.74 Å². The van der Waals surface area contributed by atoms with Gasteiger partial charge in [-0.3, -0.25) is 9.69 Å². The van der Waals surface area contributed by atoms with Gasteiger partial charge in [-0.25, -0.2) is 9.07 Å². The van der Waals surface area contributed by atoms with Gasteiger partial charge in [0, 0.05) is 23.9 Å². The first-order valence-corrected chi connectivity index (χ1v) is 14.1. The Morgan fingerprint density at radius 1 is 1.05 bits per heavy atom. The second-order valence-corrected chi connectivity index (χ2v) is 10.6. The van der Waals surface area contributed by atoms with Crippen LogP contribution in [0.2, 0.25) is 0 Å². The van der Waals surface area contributed by atoms with Gasteiger partial charge >= 0.3 is 0 Å². The molecule has 37 heavy (non-hydrogen) atoms. The van der Waals surface area contributed by atoms with E-state index < -0.39 is 5.82 Å². The predicted molar refractivity (Wildman–Crippen MR) is 153 cm³/mol. The van der Waals surface area contributed by atoms with Crippen LogP contribution in [-0.4, -0.2) is 38.1 Å². The largest absolute Gasteiger partial charge is 0.491 e. The molecule has 1 saturated heterocycles. The highest BCUT2D eigenvalue weighted by molar-refractivity contribution is 8.26. The van der Waals surface area contributed by atoms with Crippen LogP contribution in [0.4, 0.5) is 4.39 Å². The molecule has 0 spiro atoms. The molecular formula is C29H32FN3O2S2. The highest BCUT2D eigenvalue weighted by Gasteiger charge is 2.32. The molecule has 5 nitrogen and oxygen atoms in total. The highest BCUT2D eigenvalue weighted by atomic mass is 32.2. The number of para-hydroxylation sites is 1. The maximum Gasteiger partial charge on any atom is 0.266 e. The smallest absolute Gasteiger partial charge is 0.266 e. The van der Waals surface area contributed by atoms with E-state index in [2.05, 4.69) is 6.92 Å². The number of amides is 1. The summed E-state index contributed by atoms with van der Waals surface area (Å²) in [7, 11) is 0. The van der Waals surface area contributed by atoms with E-state index in [1.165, 1.54) is 43.5 Å². The van der Waals surface area contributed by atoms with E-state index in [-0.39, 0.29) is 11.7 Å². The zero-order valence-electron chi connectivity index (χ0n) is 21.3. The molecule has 0 radical (unpaired) electrons. The molecule has 0 bridgehead atoms. The molecule has 1 fully saturated rings. The first kappa shape index (κ1) is 27.1. The molecule has 0 atom stereocenters. The average Bonchev–Trinajstić information content (AvgIpc) is 3.44. The molecule has 8 heteroatoms. The molecule has 0 saturated carbocycles. The van der Waals surface area contributed by atoms with E-state index in [1.807, 2.05) is 49.5 Å². The number of thioether (sulfide) groups is 1. The van der Waals surface area contributed by atoms with Gasteiger partial charge in [-0.05, 0) is 49.8 Å². The quantitative estimate of drug-likeness (QED) is 0.135. The minimum absolute atomic E-state index is 0.0835. The van der Waals surface area contributed by atoms with Crippen LogP contribution < -0.4 is 4.74 Å². The van der Waals surface area contributed by atoms with E-state index in [4.69, 9.17) is 22.1 Å². The lowest BCUT2D eigenvalue weighted by molar-refractivity contribution is -0.122. The molecule has 2 aromatic carbocycles. The van der Waals surface area contributed by atoms with E-state index in [0.717, 1.165) is 18.5 Å². The number of unbranched alkanes of at least 4 members (excludes halogenated alkanes) is 5. The second kappa shape index (κ2) is 13.0. The van der Waals surface area contributed by atoms with Gasteiger partial charge in [-0.1, -0.05) is 81.2 Å². The van der Waals surface area contributed by atoms with Crippen LogP contribution in [0, 0.1) is 5.82 Å². The molecule has 1 aliphatic heterocycles. The maximum absolute atomic E-state index is 14.7. The van der Waals surface area contributed by atoms with Crippen LogP contribution in [0.3, 0.4) is 0 Å². The van der Waals surface area contributed by atoms with Crippen molar-refractivity contribution in [1.82, 2.24) is 14.7 Å². The van der Waals surface area contributed by atoms with Crippen molar-refractivity contribution in [3.63, 3.8) is 0 Å². The Hall–Kier alpha value is -2.97. The van der Waals surface area contributed by atoms with Crippen LogP contribution in [-0.2, 0) is 4.79 Å². The lowest BCUT2D eigenvalue weighted by Crippen LogP contribution is -2.29. The first-order valence-electron chi connectivity index (χ1n) is 12.8. The number of carbonyl (C=O) groups excluding carboxylic acids is 1. The van der Waals surface area contributed by atoms with Crippen molar-refractivity contribution >= 4 is 40.3 Å². The molecule has 1 amide bonds. The van der Waals surface area contributed by atoms with Crippen molar-refractivity contribution in [2.45, 2.75) is 52.4 Å². The third-order valence-corrected chi connectivity index (χ3v) is 7.54. The van der Waals surface area contributed by atoms with E-state index in [1.54, 1.807) is 21.7 Å². The Labute approximate surface area is 227 Å². The van der Waals surface area contributed by atoms with Crippen LogP contribution in [0.25, 0.3) is 23.0 Å². The number of carbonyl (C=O) groups is 1. The monoisotopic (exact) mass is 537 g/mol. The summed E-state index contributed by atoms with van der Waals surface area (Å²) in [6.45, 7) is 5.03. The van der Waals surface area contributed by atoms with Crippen molar-refractivity contribution in [3.8, 4) is 22.7 Å². The van der Waals surface area contributed by atoms with Crippen molar-refractivity contribution in [3.05, 3.63) is 71.0 Å². The van der Waals surface area contributed by atoms with Crippen LogP contribution in [0.5, 0.6) is 5.75 Å². The third kappa shape index (κ3) is 6.67. The fourth-order valence-corrected chi connectivity index (χ4v) is 5.53. The third-order valence-electron chi connectivity index (χ3n) is 6.16. The second-order valence-electron chi connectivity index (χ2n) is 8.89. The molecule has 2 heterocycles. The fourth-order valence-electron chi connectivity index (χ4n) is 4.24. The molecule has 1 aromatic heterocycles. The van der Waals surface area contributed by atoms with E-state index in [0.29, 0.717) is 39.2 Å². The Kier molecular flexibility index (Phi) is 9.52. The predicted octanol–water partition coefficient (Wildman–Crippen LogP) is 7.64. The molecule has 194 valence electrons. The van der Waals surface area contributed by atoms with Gasteiger partial charge in [0.15, 0.2) is 11.6 Å². The average molecular weight is 538 g/mol. The number of ether oxygens (including phenoxy) is 1. The lowest BCUT2D eigenvalue weighted by Gasteiger charge is -2.14. The van der Waals surface area contributed by atoms with Crippen molar-refractivity contribution in [2.75, 3.05) is 13.2 Å². The minimum atomic E-state index is -0.454. The normalized spacial score (nSPS) is 14.7. The van der Waals surface area contributed by atoms with Gasteiger partial charge in [-0.2, -0.15) is 5.10 Å². The zero-order chi connectivity index (χ0) is 26.2. The van der Waals surface area contributed by atoms with Crippen molar-refractivity contribution in [1.29, 1.82) is 0 Å². The summed E-state index contributed by atoms with van der Waals surface area (Å²) in [6, 6.07) is 14.5. The molecule has 4 rings (SSSR count). The summed E-state index contributed by atoms with van der Waals surface area (Å²) >= 11 is 6.85. The summed E-state index contributed by atoms with van der Waals surface area (Å²) in [6.07, 6.45) is 10.6. The van der Waals surface area contributed by atoms with Crippen molar-refractivity contribution < 1.29 is 13.9 Å². The number of aromatic nitrogens is 2. The van der Waals surface area contributed by atoms with E-state index >= 15 is 0 Å². The summed E-state index contributed by atoms with van der Waals surface area (Å²) in [5, 5.41) is 4.76. The van der Waals surface area contributed by atoms with Crippen LogP contribution >= 0.6 is 24.0 Å². The SMILES string of the molecule is CCCCCCCCN1C(=O)/C(=C/c2cn(-c3ccccc3)nc2-c2ccc(OCC)c(F)c2)SC1=S. The zero-order valence-corrected chi connectivity index (χ0v) is 22.9. The Bertz CT molecular complexity index is 1270. The number of hydrogen-bond donors (Lipinski definition) is 0. The van der Waals surface area contributed by atoms with Gasteiger partial charge in [0.25, 0.3) is 5.91 Å². The Morgan fingerprint density at radius 3 is 2.54 bits per heavy atom. The van der Waals surface area contributed by atoms with Gasteiger partial charge in [-0.15, -0.1) is 0 Å². The number of thiocarbonyl (C=S) groups is 1. The summed E-state index contributed by atoms with van der Waals surface area (Å²) in [5.41, 5.74) is 2.76. The van der Waals surface area contributed by atoms with Gasteiger partial charge in [0.1, 0.15) is 10.0 Å². The number of halogens is 1. The van der Waals surface area contributed by atoms with Crippen LogP contribution in [0.1, 0.15) is 57.9 Å². The highest BCUT2D eigenvalue weighted by Crippen LogP contribution is 2.35.